The molecule has 1 aliphatic heterocycles. The van der Waals surface area contributed by atoms with Crippen molar-refractivity contribution in [1.29, 1.82) is 0 Å². The summed E-state index contributed by atoms with van der Waals surface area (Å²) in [6.07, 6.45) is 1.22. The molecule has 3 N–H and O–H groups in total. The monoisotopic (exact) mass is 286 g/mol. The number of para-hydroxylation sites is 2. The van der Waals surface area contributed by atoms with Crippen LogP contribution in [0.1, 0.15) is 12.8 Å². The molecule has 5 nitrogen and oxygen atoms in total. The minimum absolute atomic E-state index is 0. The number of carbonyl (C=O) groups is 1. The summed E-state index contributed by atoms with van der Waals surface area (Å²) < 4.78 is 11.1. The normalized spacial score (nSPS) is 16.4. The number of fused-ring (bicyclic) bond motifs is 1. The number of halogens is 1. The molecular formula is C13H19ClN2O3. The van der Waals surface area contributed by atoms with Crippen molar-refractivity contribution in [3.63, 3.8) is 0 Å². The third-order valence-corrected chi connectivity index (χ3v) is 2.73. The van der Waals surface area contributed by atoms with Crippen LogP contribution in [0.25, 0.3) is 0 Å². The fraction of sp³-hybridized carbons (Fsp3) is 0.462. The highest BCUT2D eigenvalue weighted by molar-refractivity contribution is 5.85. The van der Waals surface area contributed by atoms with E-state index >= 15 is 0 Å². The van der Waals surface area contributed by atoms with E-state index in [1.165, 1.54) is 0 Å². The van der Waals surface area contributed by atoms with Gasteiger partial charge in [-0.15, -0.1) is 12.4 Å². The molecule has 0 aliphatic carbocycles. The van der Waals surface area contributed by atoms with Crippen LogP contribution in [0.2, 0.25) is 0 Å². The lowest BCUT2D eigenvalue weighted by Gasteiger charge is -2.25. The highest BCUT2D eigenvalue weighted by Gasteiger charge is 2.26. The van der Waals surface area contributed by atoms with E-state index in [1.54, 1.807) is 6.07 Å². The molecule has 106 valence electrons. The van der Waals surface area contributed by atoms with Crippen LogP contribution in [-0.2, 0) is 4.79 Å². The van der Waals surface area contributed by atoms with Crippen molar-refractivity contribution in [3.05, 3.63) is 24.3 Å². The fourth-order valence-electron chi connectivity index (χ4n) is 1.74. The summed E-state index contributed by atoms with van der Waals surface area (Å²) in [7, 11) is 0. The third-order valence-electron chi connectivity index (χ3n) is 2.73. The zero-order chi connectivity index (χ0) is 12.8. The van der Waals surface area contributed by atoms with Crippen molar-refractivity contribution in [1.82, 2.24) is 5.32 Å². The number of benzene rings is 1. The van der Waals surface area contributed by atoms with E-state index in [-0.39, 0.29) is 24.9 Å². The van der Waals surface area contributed by atoms with Gasteiger partial charge in [0, 0.05) is 6.54 Å². The molecule has 19 heavy (non-hydrogen) atoms. The topological polar surface area (TPSA) is 73.6 Å². The molecule has 1 aromatic rings. The molecule has 0 saturated heterocycles. The van der Waals surface area contributed by atoms with E-state index in [4.69, 9.17) is 15.2 Å². The maximum Gasteiger partial charge on any atom is 0.264 e. The molecule has 1 unspecified atom stereocenters. The summed E-state index contributed by atoms with van der Waals surface area (Å²) >= 11 is 0. The van der Waals surface area contributed by atoms with Crippen LogP contribution in [0.15, 0.2) is 24.3 Å². The second kappa shape index (κ2) is 7.86. The minimum Gasteiger partial charge on any atom is -0.485 e. The van der Waals surface area contributed by atoms with Crippen LogP contribution < -0.4 is 20.5 Å². The zero-order valence-corrected chi connectivity index (χ0v) is 11.4. The molecule has 0 spiro atoms. The van der Waals surface area contributed by atoms with Gasteiger partial charge < -0.3 is 20.5 Å². The summed E-state index contributed by atoms with van der Waals surface area (Å²) in [5.41, 5.74) is 5.38. The number of nitrogens with one attached hydrogen (secondary N) is 1. The maximum absolute atomic E-state index is 11.8. The number of hydrogen-bond donors (Lipinski definition) is 2. The highest BCUT2D eigenvalue weighted by Crippen LogP contribution is 2.30. The lowest BCUT2D eigenvalue weighted by Crippen LogP contribution is -2.44. The first-order valence-electron chi connectivity index (χ1n) is 6.17. The Labute approximate surface area is 118 Å². The summed E-state index contributed by atoms with van der Waals surface area (Å²) in [5, 5.41) is 2.82. The Morgan fingerprint density at radius 2 is 2.05 bits per heavy atom. The fourth-order valence-corrected chi connectivity index (χ4v) is 1.74. The maximum atomic E-state index is 11.8. The quantitative estimate of drug-likeness (QED) is 0.795. The van der Waals surface area contributed by atoms with Crippen molar-refractivity contribution < 1.29 is 14.3 Å². The average molecular weight is 287 g/mol. The summed E-state index contributed by atoms with van der Waals surface area (Å²) in [6.45, 7) is 1.52. The number of carbonyl (C=O) groups excluding carboxylic acids is 1. The molecule has 0 saturated carbocycles. The third kappa shape index (κ3) is 4.29. The standard InChI is InChI=1S/C13H18N2O3.ClH/c14-7-3-4-8-15-13(16)12-9-17-10-5-1-2-6-11(10)18-12;/h1-2,5-6,12H,3-4,7-9,14H2,(H,15,16);1H. The Hall–Kier alpha value is -1.46. The zero-order valence-electron chi connectivity index (χ0n) is 10.6. The molecule has 1 aromatic carbocycles. The van der Waals surface area contributed by atoms with Crippen LogP contribution in [0.5, 0.6) is 11.5 Å². The number of ether oxygens (including phenoxy) is 2. The van der Waals surface area contributed by atoms with Gasteiger partial charge in [0.2, 0.25) is 6.10 Å². The molecule has 0 bridgehead atoms. The van der Waals surface area contributed by atoms with Crippen LogP contribution in [0.3, 0.4) is 0 Å². The van der Waals surface area contributed by atoms with Crippen LogP contribution in [0.4, 0.5) is 0 Å². The Morgan fingerprint density at radius 3 is 2.79 bits per heavy atom. The lowest BCUT2D eigenvalue weighted by atomic mass is 10.2. The molecule has 0 radical (unpaired) electrons. The second-order valence-corrected chi connectivity index (χ2v) is 4.15. The van der Waals surface area contributed by atoms with Crippen molar-refractivity contribution in [3.8, 4) is 11.5 Å². The van der Waals surface area contributed by atoms with E-state index in [1.807, 2.05) is 18.2 Å². The number of hydrogen-bond acceptors (Lipinski definition) is 4. The highest BCUT2D eigenvalue weighted by atomic mass is 35.5. The van der Waals surface area contributed by atoms with E-state index in [0.29, 0.717) is 24.6 Å². The van der Waals surface area contributed by atoms with Crippen LogP contribution in [-0.4, -0.2) is 31.7 Å². The molecule has 1 heterocycles. The lowest BCUT2D eigenvalue weighted by molar-refractivity contribution is -0.130. The van der Waals surface area contributed by atoms with Gasteiger partial charge in [0.25, 0.3) is 5.91 Å². The van der Waals surface area contributed by atoms with E-state index < -0.39 is 6.10 Å². The molecule has 0 aromatic heterocycles. The SMILES string of the molecule is Cl.NCCCCNC(=O)C1COc2ccccc2O1. The molecule has 2 rings (SSSR count). The van der Waals surface area contributed by atoms with Gasteiger partial charge in [0.1, 0.15) is 6.61 Å². The first kappa shape index (κ1) is 15.6. The smallest absolute Gasteiger partial charge is 0.264 e. The van der Waals surface area contributed by atoms with E-state index in [0.717, 1.165) is 12.8 Å². The van der Waals surface area contributed by atoms with Crippen LogP contribution in [0, 0.1) is 0 Å². The number of nitrogens with two attached hydrogens (primary N) is 1. The molecular weight excluding hydrogens is 268 g/mol. The number of unbranched alkanes of at least 4 members (excludes halogenated alkanes) is 1. The first-order chi connectivity index (χ1) is 8.81. The summed E-state index contributed by atoms with van der Waals surface area (Å²) in [5.74, 6) is 1.16. The van der Waals surface area contributed by atoms with Gasteiger partial charge in [-0.3, -0.25) is 4.79 Å². The predicted octanol–water partition coefficient (Wildman–Crippen LogP) is 1.10. The van der Waals surface area contributed by atoms with Crippen LogP contribution >= 0.6 is 12.4 Å². The molecule has 1 atom stereocenters. The number of amides is 1. The predicted molar refractivity (Wildman–Crippen MR) is 74.9 cm³/mol. The molecule has 1 amide bonds. The Balaban J connectivity index is 0.00000180. The molecule has 0 fully saturated rings. The van der Waals surface area contributed by atoms with E-state index in [2.05, 4.69) is 5.32 Å². The van der Waals surface area contributed by atoms with Gasteiger partial charge in [0.15, 0.2) is 11.5 Å². The van der Waals surface area contributed by atoms with E-state index in [9.17, 15) is 4.79 Å². The van der Waals surface area contributed by atoms with Gasteiger partial charge in [-0.05, 0) is 31.5 Å². The van der Waals surface area contributed by atoms with Crippen molar-refractivity contribution >= 4 is 18.3 Å². The van der Waals surface area contributed by atoms with Gasteiger partial charge >= 0.3 is 0 Å². The second-order valence-electron chi connectivity index (χ2n) is 4.15. The summed E-state index contributed by atoms with van der Waals surface area (Å²) in [6, 6.07) is 7.34. The largest absolute Gasteiger partial charge is 0.485 e. The van der Waals surface area contributed by atoms with Gasteiger partial charge in [0.05, 0.1) is 0 Å². The Morgan fingerprint density at radius 1 is 1.32 bits per heavy atom. The summed E-state index contributed by atoms with van der Waals surface area (Å²) in [4.78, 5) is 11.8. The van der Waals surface area contributed by atoms with Gasteiger partial charge in [-0.25, -0.2) is 0 Å². The van der Waals surface area contributed by atoms with Gasteiger partial charge in [-0.1, -0.05) is 12.1 Å². The number of rotatable bonds is 5. The first-order valence-corrected chi connectivity index (χ1v) is 6.17. The van der Waals surface area contributed by atoms with Crippen molar-refractivity contribution in [2.24, 2.45) is 5.73 Å². The molecule has 6 heteroatoms. The van der Waals surface area contributed by atoms with Gasteiger partial charge in [-0.2, -0.15) is 0 Å². The average Bonchev–Trinajstić information content (AvgIpc) is 2.43. The van der Waals surface area contributed by atoms with Crippen molar-refractivity contribution in [2.45, 2.75) is 18.9 Å². The van der Waals surface area contributed by atoms with Crippen molar-refractivity contribution in [2.75, 3.05) is 19.7 Å². The Bertz CT molecular complexity index is 415. The molecule has 1 aliphatic rings. The Kier molecular flexibility index (Phi) is 6.45. The minimum atomic E-state index is -0.572.